The predicted molar refractivity (Wildman–Crippen MR) is 66.1 cm³/mol. The van der Waals surface area contributed by atoms with Crippen LogP contribution in [0, 0.1) is 0 Å². The zero-order chi connectivity index (χ0) is 14.8. The highest BCUT2D eigenvalue weighted by Gasteiger charge is 2.40. The van der Waals surface area contributed by atoms with Crippen LogP contribution in [-0.2, 0) is 19.4 Å². The van der Waals surface area contributed by atoms with Gasteiger partial charge in [-0.25, -0.2) is 13.2 Å². The summed E-state index contributed by atoms with van der Waals surface area (Å²) < 4.78 is 22.0. The summed E-state index contributed by atoms with van der Waals surface area (Å²) in [7, 11) is -3.23. The standard InChI is InChI=1S/C10H18N2O6S/c1-19(17,18)3-2-7(11)9(14)12-5-6(13)4-8(12)10(15)16/h6-8,13H,2-5,11H2,1H3,(H,15,16)/t6?,7?,8-/m0/s1. The van der Waals surface area contributed by atoms with Crippen molar-refractivity contribution in [3.05, 3.63) is 0 Å². The average molecular weight is 294 g/mol. The number of aliphatic hydroxyl groups excluding tert-OH is 1. The van der Waals surface area contributed by atoms with Gasteiger partial charge in [0.05, 0.1) is 17.9 Å². The fraction of sp³-hybridized carbons (Fsp3) is 0.800. The van der Waals surface area contributed by atoms with Crippen molar-refractivity contribution < 1.29 is 28.2 Å². The van der Waals surface area contributed by atoms with Gasteiger partial charge in [-0.1, -0.05) is 0 Å². The largest absolute Gasteiger partial charge is 0.480 e. The highest BCUT2D eigenvalue weighted by atomic mass is 32.2. The zero-order valence-corrected chi connectivity index (χ0v) is 11.3. The molecule has 1 amide bonds. The van der Waals surface area contributed by atoms with E-state index in [-0.39, 0.29) is 25.1 Å². The van der Waals surface area contributed by atoms with Crippen LogP contribution < -0.4 is 5.73 Å². The summed E-state index contributed by atoms with van der Waals surface area (Å²) in [5.41, 5.74) is 5.58. The summed E-state index contributed by atoms with van der Waals surface area (Å²) >= 11 is 0. The molecule has 8 nitrogen and oxygen atoms in total. The third-order valence-corrected chi connectivity index (χ3v) is 3.94. The lowest BCUT2D eigenvalue weighted by Gasteiger charge is -2.24. The molecule has 9 heteroatoms. The molecule has 4 N–H and O–H groups in total. The molecule has 1 heterocycles. The minimum Gasteiger partial charge on any atom is -0.480 e. The normalized spacial score (nSPS) is 25.3. The van der Waals surface area contributed by atoms with Gasteiger partial charge in [0.1, 0.15) is 15.9 Å². The Morgan fingerprint density at radius 3 is 2.53 bits per heavy atom. The maximum absolute atomic E-state index is 12.0. The molecule has 0 aromatic heterocycles. The molecular weight excluding hydrogens is 276 g/mol. The number of likely N-dealkylation sites (tertiary alicyclic amines) is 1. The SMILES string of the molecule is CS(=O)(=O)CCC(N)C(=O)N1CC(O)C[C@H]1C(=O)O. The first-order chi connectivity index (χ1) is 8.61. The van der Waals surface area contributed by atoms with Crippen molar-refractivity contribution in [3.8, 4) is 0 Å². The van der Waals surface area contributed by atoms with Crippen molar-refractivity contribution in [3.63, 3.8) is 0 Å². The number of hydrogen-bond acceptors (Lipinski definition) is 6. The molecule has 1 rings (SSSR count). The summed E-state index contributed by atoms with van der Waals surface area (Å²) in [5.74, 6) is -2.10. The smallest absolute Gasteiger partial charge is 0.326 e. The molecule has 110 valence electrons. The number of carbonyl (C=O) groups excluding carboxylic acids is 1. The zero-order valence-electron chi connectivity index (χ0n) is 10.5. The fourth-order valence-electron chi connectivity index (χ4n) is 1.97. The Hall–Kier alpha value is -1.19. The highest BCUT2D eigenvalue weighted by Crippen LogP contribution is 2.19. The molecule has 0 aromatic carbocycles. The summed E-state index contributed by atoms with van der Waals surface area (Å²) in [5, 5.41) is 18.4. The predicted octanol–water partition coefficient (Wildman–Crippen LogP) is -2.21. The summed E-state index contributed by atoms with van der Waals surface area (Å²) in [4.78, 5) is 23.9. The molecule has 0 saturated carbocycles. The second kappa shape index (κ2) is 5.85. The number of nitrogens with two attached hydrogens (primary N) is 1. The molecule has 1 aliphatic heterocycles. The molecule has 0 radical (unpaired) electrons. The Bertz CT molecular complexity index is 463. The van der Waals surface area contributed by atoms with Crippen molar-refractivity contribution in [2.75, 3.05) is 18.6 Å². The quantitative estimate of drug-likeness (QED) is 0.522. The van der Waals surface area contributed by atoms with Gasteiger partial charge >= 0.3 is 5.97 Å². The van der Waals surface area contributed by atoms with E-state index in [1.165, 1.54) is 0 Å². The first kappa shape index (κ1) is 15.9. The molecule has 1 fully saturated rings. The topological polar surface area (TPSA) is 138 Å². The van der Waals surface area contributed by atoms with E-state index in [0.29, 0.717) is 0 Å². The Balaban J connectivity index is 2.68. The maximum Gasteiger partial charge on any atom is 0.326 e. The number of nitrogens with zero attached hydrogens (tertiary/aromatic N) is 1. The summed E-state index contributed by atoms with van der Waals surface area (Å²) in [6, 6.07) is -2.19. The summed E-state index contributed by atoms with van der Waals surface area (Å²) in [6.45, 7) is -0.0949. The molecule has 2 unspecified atom stereocenters. The molecule has 1 saturated heterocycles. The molecule has 0 spiro atoms. The first-order valence-electron chi connectivity index (χ1n) is 5.76. The van der Waals surface area contributed by atoms with Crippen molar-refractivity contribution >= 4 is 21.7 Å². The van der Waals surface area contributed by atoms with E-state index in [1.54, 1.807) is 0 Å². The lowest BCUT2D eigenvalue weighted by molar-refractivity contribution is -0.148. The van der Waals surface area contributed by atoms with Gasteiger partial charge in [0.15, 0.2) is 0 Å². The number of rotatable bonds is 5. The Kier molecular flexibility index (Phi) is 4.88. The highest BCUT2D eigenvalue weighted by molar-refractivity contribution is 7.90. The van der Waals surface area contributed by atoms with Gasteiger partial charge in [0.25, 0.3) is 0 Å². The second-order valence-corrected chi connectivity index (χ2v) is 7.02. The number of β-amino-alcohol motifs (C(OH)–C–C–N with tert-alkyl or cyclic N) is 1. The van der Waals surface area contributed by atoms with Gasteiger partial charge in [0.2, 0.25) is 5.91 Å². The van der Waals surface area contributed by atoms with E-state index in [1.807, 2.05) is 0 Å². The monoisotopic (exact) mass is 294 g/mol. The summed E-state index contributed by atoms with van der Waals surface area (Å²) in [6.07, 6.45) is 0.0208. The van der Waals surface area contributed by atoms with Crippen LogP contribution in [0.5, 0.6) is 0 Å². The molecular formula is C10H18N2O6S. The number of carboxylic acids is 1. The van der Waals surface area contributed by atoms with Crippen LogP contribution in [0.3, 0.4) is 0 Å². The Morgan fingerprint density at radius 2 is 2.05 bits per heavy atom. The minimum absolute atomic E-state index is 0.0418. The number of aliphatic carboxylic acids is 1. The lowest BCUT2D eigenvalue weighted by atomic mass is 10.1. The second-order valence-electron chi connectivity index (χ2n) is 4.76. The van der Waals surface area contributed by atoms with Crippen LogP contribution in [0.2, 0.25) is 0 Å². The van der Waals surface area contributed by atoms with Crippen molar-refractivity contribution in [1.29, 1.82) is 0 Å². The lowest BCUT2D eigenvalue weighted by Crippen LogP contribution is -2.49. The van der Waals surface area contributed by atoms with Crippen LogP contribution in [0.4, 0.5) is 0 Å². The third-order valence-electron chi connectivity index (χ3n) is 2.96. The Morgan fingerprint density at radius 1 is 1.47 bits per heavy atom. The van der Waals surface area contributed by atoms with E-state index >= 15 is 0 Å². The van der Waals surface area contributed by atoms with Gasteiger partial charge in [-0.3, -0.25) is 4.79 Å². The molecule has 1 aliphatic rings. The van der Waals surface area contributed by atoms with Gasteiger partial charge in [-0.15, -0.1) is 0 Å². The van der Waals surface area contributed by atoms with Gasteiger partial charge in [-0.05, 0) is 6.42 Å². The Labute approximate surface area is 111 Å². The van der Waals surface area contributed by atoms with Crippen LogP contribution in [-0.4, -0.2) is 72.1 Å². The number of carboxylic acid groups (broad SMARTS) is 1. The molecule has 0 aromatic rings. The van der Waals surface area contributed by atoms with Crippen molar-refractivity contribution in [2.24, 2.45) is 5.73 Å². The average Bonchev–Trinajstić information content (AvgIpc) is 2.66. The number of aliphatic hydroxyl groups is 1. The van der Waals surface area contributed by atoms with Gasteiger partial charge in [-0.2, -0.15) is 0 Å². The first-order valence-corrected chi connectivity index (χ1v) is 7.82. The minimum atomic E-state index is -3.23. The van der Waals surface area contributed by atoms with E-state index in [4.69, 9.17) is 10.8 Å². The van der Waals surface area contributed by atoms with Crippen molar-refractivity contribution in [2.45, 2.75) is 31.0 Å². The number of hydrogen-bond donors (Lipinski definition) is 3. The third kappa shape index (κ3) is 4.44. The molecule has 19 heavy (non-hydrogen) atoms. The fourth-order valence-corrected chi connectivity index (χ4v) is 2.65. The van der Waals surface area contributed by atoms with Crippen molar-refractivity contribution in [1.82, 2.24) is 4.90 Å². The van der Waals surface area contributed by atoms with E-state index in [2.05, 4.69) is 0 Å². The van der Waals surface area contributed by atoms with Gasteiger partial charge in [0, 0.05) is 19.2 Å². The van der Waals surface area contributed by atoms with Crippen LogP contribution in [0.15, 0.2) is 0 Å². The van der Waals surface area contributed by atoms with Crippen LogP contribution in [0.25, 0.3) is 0 Å². The van der Waals surface area contributed by atoms with E-state index < -0.39 is 39.9 Å². The van der Waals surface area contributed by atoms with Gasteiger partial charge < -0.3 is 20.8 Å². The number of carbonyl (C=O) groups is 2. The molecule has 3 atom stereocenters. The maximum atomic E-state index is 12.0. The number of amides is 1. The van der Waals surface area contributed by atoms with E-state index in [9.17, 15) is 23.1 Å². The molecule has 0 bridgehead atoms. The van der Waals surface area contributed by atoms with Crippen LogP contribution >= 0.6 is 0 Å². The van der Waals surface area contributed by atoms with Crippen LogP contribution in [0.1, 0.15) is 12.8 Å². The molecule has 0 aliphatic carbocycles. The van der Waals surface area contributed by atoms with E-state index in [0.717, 1.165) is 11.2 Å². The number of sulfone groups is 1.